The van der Waals surface area contributed by atoms with Gasteiger partial charge in [-0.3, -0.25) is 0 Å². The van der Waals surface area contributed by atoms with E-state index in [2.05, 4.69) is 29.6 Å². The van der Waals surface area contributed by atoms with Gasteiger partial charge in [-0.2, -0.15) is 0 Å². The summed E-state index contributed by atoms with van der Waals surface area (Å²) in [6.45, 7) is 2.37. The molecule has 0 aromatic heterocycles. The molecule has 1 N–H and O–H groups in total. The summed E-state index contributed by atoms with van der Waals surface area (Å²) >= 11 is 0. The quantitative estimate of drug-likeness (QED) is 0.775. The zero-order valence-electron chi connectivity index (χ0n) is 9.21. The van der Waals surface area contributed by atoms with Crippen LogP contribution in [0.3, 0.4) is 0 Å². The van der Waals surface area contributed by atoms with Crippen molar-refractivity contribution in [1.82, 2.24) is 5.32 Å². The van der Waals surface area contributed by atoms with E-state index >= 15 is 0 Å². The number of benzene rings is 1. The van der Waals surface area contributed by atoms with Crippen LogP contribution in [-0.4, -0.2) is 13.1 Å². The predicted molar refractivity (Wildman–Crippen MR) is 63.3 cm³/mol. The van der Waals surface area contributed by atoms with Crippen molar-refractivity contribution in [3.05, 3.63) is 35.4 Å². The summed E-state index contributed by atoms with van der Waals surface area (Å²) in [5.41, 5.74) is 3.09. The van der Waals surface area contributed by atoms with Crippen molar-refractivity contribution in [3.8, 4) is 0 Å². The fourth-order valence-electron chi connectivity index (χ4n) is 2.59. The molecule has 1 aromatic rings. The second-order valence-electron chi connectivity index (χ2n) is 4.98. The molecule has 1 heteroatoms. The Hall–Kier alpha value is -0.820. The zero-order chi connectivity index (χ0) is 10.1. The van der Waals surface area contributed by atoms with Crippen LogP contribution >= 0.6 is 0 Å². The van der Waals surface area contributed by atoms with Crippen molar-refractivity contribution >= 4 is 0 Å². The normalized spacial score (nSPS) is 26.5. The number of piperidine rings is 1. The third-order valence-corrected chi connectivity index (χ3v) is 3.75. The van der Waals surface area contributed by atoms with E-state index in [0.717, 1.165) is 11.8 Å². The van der Waals surface area contributed by atoms with E-state index in [0.29, 0.717) is 0 Å². The fraction of sp³-hybridized carbons (Fsp3) is 0.571. The molecule has 1 aliphatic carbocycles. The Morgan fingerprint density at radius 2 is 1.53 bits per heavy atom. The molecular formula is C14H19N. The van der Waals surface area contributed by atoms with Gasteiger partial charge in [-0.25, -0.2) is 0 Å². The first-order chi connectivity index (χ1) is 7.43. The molecule has 0 bridgehead atoms. The third-order valence-electron chi connectivity index (χ3n) is 3.75. The molecule has 3 rings (SSSR count). The Balaban J connectivity index is 1.73. The first-order valence-corrected chi connectivity index (χ1v) is 6.24. The van der Waals surface area contributed by atoms with Gasteiger partial charge < -0.3 is 5.32 Å². The van der Waals surface area contributed by atoms with E-state index < -0.39 is 0 Å². The van der Waals surface area contributed by atoms with Crippen LogP contribution < -0.4 is 5.32 Å². The SMILES string of the molecule is c1cc(C2CCCNC2)ccc1C1CC1. The number of nitrogens with one attached hydrogen (secondary N) is 1. The molecule has 2 fully saturated rings. The van der Waals surface area contributed by atoms with Crippen LogP contribution in [0.5, 0.6) is 0 Å². The van der Waals surface area contributed by atoms with Gasteiger partial charge in [0.15, 0.2) is 0 Å². The van der Waals surface area contributed by atoms with Crippen LogP contribution in [-0.2, 0) is 0 Å². The summed E-state index contributed by atoms with van der Waals surface area (Å²) < 4.78 is 0. The minimum atomic E-state index is 0.756. The number of rotatable bonds is 2. The highest BCUT2D eigenvalue weighted by Crippen LogP contribution is 2.40. The lowest BCUT2D eigenvalue weighted by Gasteiger charge is -2.23. The third kappa shape index (κ3) is 2.07. The standard InChI is InChI=1S/C14H19N/c1-2-14(10-15-9-1)13-7-5-12(6-8-13)11-3-4-11/h5-8,11,14-15H,1-4,9-10H2. The minimum absolute atomic E-state index is 0.756. The molecule has 1 nitrogen and oxygen atoms in total. The highest BCUT2D eigenvalue weighted by molar-refractivity contribution is 5.30. The average Bonchev–Trinajstić information content (AvgIpc) is 3.15. The summed E-state index contributed by atoms with van der Waals surface area (Å²) in [5.74, 6) is 1.65. The molecule has 0 spiro atoms. The Kier molecular flexibility index (Phi) is 2.49. The highest BCUT2D eigenvalue weighted by atomic mass is 14.9. The second kappa shape index (κ2) is 3.97. The van der Waals surface area contributed by atoms with Gasteiger partial charge in [-0.15, -0.1) is 0 Å². The Labute approximate surface area is 91.9 Å². The number of hydrogen-bond acceptors (Lipinski definition) is 1. The van der Waals surface area contributed by atoms with Crippen molar-refractivity contribution in [3.63, 3.8) is 0 Å². The van der Waals surface area contributed by atoms with Crippen molar-refractivity contribution in [2.24, 2.45) is 0 Å². The van der Waals surface area contributed by atoms with E-state index in [1.54, 1.807) is 5.56 Å². The molecular weight excluding hydrogens is 182 g/mol. The first-order valence-electron chi connectivity index (χ1n) is 6.24. The van der Waals surface area contributed by atoms with E-state index in [4.69, 9.17) is 0 Å². The predicted octanol–water partition coefficient (Wildman–Crippen LogP) is 3.03. The molecule has 1 saturated heterocycles. The molecule has 1 unspecified atom stereocenters. The van der Waals surface area contributed by atoms with E-state index in [-0.39, 0.29) is 0 Å². The Morgan fingerprint density at radius 1 is 0.867 bits per heavy atom. The molecule has 2 aliphatic rings. The van der Waals surface area contributed by atoms with Crippen LogP contribution in [0.2, 0.25) is 0 Å². The molecule has 1 aliphatic heterocycles. The summed E-state index contributed by atoms with van der Waals surface area (Å²) in [5, 5.41) is 3.48. The lowest BCUT2D eigenvalue weighted by atomic mass is 9.91. The van der Waals surface area contributed by atoms with E-state index in [1.807, 2.05) is 0 Å². The van der Waals surface area contributed by atoms with Gasteiger partial charge >= 0.3 is 0 Å². The van der Waals surface area contributed by atoms with Crippen LogP contribution in [0.15, 0.2) is 24.3 Å². The van der Waals surface area contributed by atoms with Crippen LogP contribution in [0.4, 0.5) is 0 Å². The van der Waals surface area contributed by atoms with Crippen molar-refractivity contribution < 1.29 is 0 Å². The lowest BCUT2D eigenvalue weighted by molar-refractivity contribution is 0.461. The Bertz CT molecular complexity index is 318. The highest BCUT2D eigenvalue weighted by Gasteiger charge is 2.23. The van der Waals surface area contributed by atoms with Gasteiger partial charge in [0, 0.05) is 6.54 Å². The van der Waals surface area contributed by atoms with Gasteiger partial charge in [0.1, 0.15) is 0 Å². The molecule has 0 radical (unpaired) electrons. The van der Waals surface area contributed by atoms with Crippen molar-refractivity contribution in [1.29, 1.82) is 0 Å². The van der Waals surface area contributed by atoms with Gasteiger partial charge in [0.2, 0.25) is 0 Å². The van der Waals surface area contributed by atoms with Crippen LogP contribution in [0.1, 0.15) is 48.6 Å². The van der Waals surface area contributed by atoms with E-state index in [9.17, 15) is 0 Å². The summed E-state index contributed by atoms with van der Waals surface area (Å²) in [4.78, 5) is 0. The summed E-state index contributed by atoms with van der Waals surface area (Å²) in [6, 6.07) is 9.40. The van der Waals surface area contributed by atoms with Gasteiger partial charge in [0.25, 0.3) is 0 Å². The molecule has 80 valence electrons. The summed E-state index contributed by atoms with van der Waals surface area (Å²) in [7, 11) is 0. The largest absolute Gasteiger partial charge is 0.316 e. The van der Waals surface area contributed by atoms with Crippen LogP contribution in [0, 0.1) is 0 Å². The molecule has 15 heavy (non-hydrogen) atoms. The van der Waals surface area contributed by atoms with Gasteiger partial charge in [-0.1, -0.05) is 24.3 Å². The van der Waals surface area contributed by atoms with Gasteiger partial charge in [0.05, 0.1) is 0 Å². The second-order valence-corrected chi connectivity index (χ2v) is 4.98. The molecule has 0 amide bonds. The molecule has 1 aromatic carbocycles. The smallest absolute Gasteiger partial charge is 0.00201 e. The summed E-state index contributed by atoms with van der Waals surface area (Å²) in [6.07, 6.45) is 5.50. The zero-order valence-corrected chi connectivity index (χ0v) is 9.21. The van der Waals surface area contributed by atoms with E-state index in [1.165, 1.54) is 44.3 Å². The average molecular weight is 201 g/mol. The lowest BCUT2D eigenvalue weighted by Crippen LogP contribution is -2.28. The van der Waals surface area contributed by atoms with Crippen molar-refractivity contribution in [2.45, 2.75) is 37.5 Å². The molecule has 1 heterocycles. The molecule has 1 saturated carbocycles. The topological polar surface area (TPSA) is 12.0 Å². The van der Waals surface area contributed by atoms with Crippen LogP contribution in [0.25, 0.3) is 0 Å². The minimum Gasteiger partial charge on any atom is -0.316 e. The molecule has 1 atom stereocenters. The number of hydrogen-bond donors (Lipinski definition) is 1. The first kappa shape index (κ1) is 9.41. The maximum atomic E-state index is 3.48. The Morgan fingerprint density at radius 3 is 2.07 bits per heavy atom. The maximum absolute atomic E-state index is 3.48. The monoisotopic (exact) mass is 201 g/mol. The maximum Gasteiger partial charge on any atom is 0.00201 e. The van der Waals surface area contributed by atoms with Gasteiger partial charge in [-0.05, 0) is 55.2 Å². The fourth-order valence-corrected chi connectivity index (χ4v) is 2.59. The van der Waals surface area contributed by atoms with Crippen molar-refractivity contribution in [2.75, 3.05) is 13.1 Å².